The van der Waals surface area contributed by atoms with Crippen LogP contribution >= 0.6 is 0 Å². The van der Waals surface area contributed by atoms with E-state index in [4.69, 9.17) is 14.6 Å². The monoisotopic (exact) mass is 253 g/mol. The maximum atomic E-state index is 8.83. The molecule has 4 heteroatoms. The number of ether oxygens (including phenoxy) is 2. The van der Waals surface area contributed by atoms with Crippen LogP contribution in [0.25, 0.3) is 0 Å². The third-order valence-electron chi connectivity index (χ3n) is 2.43. The molecule has 18 heavy (non-hydrogen) atoms. The minimum atomic E-state index is 0.0146. The van der Waals surface area contributed by atoms with Crippen molar-refractivity contribution in [3.8, 4) is 11.5 Å². The van der Waals surface area contributed by atoms with Gasteiger partial charge in [-0.1, -0.05) is 19.9 Å². The van der Waals surface area contributed by atoms with E-state index in [1.165, 1.54) is 0 Å². The number of benzene rings is 1. The fraction of sp³-hybridized carbons (Fsp3) is 0.571. The summed E-state index contributed by atoms with van der Waals surface area (Å²) in [6, 6.07) is 5.84. The molecule has 0 atom stereocenters. The molecule has 102 valence electrons. The summed E-state index contributed by atoms with van der Waals surface area (Å²) in [5.74, 6) is 1.59. The second-order valence-corrected chi connectivity index (χ2v) is 3.97. The lowest BCUT2D eigenvalue weighted by molar-refractivity contribution is 0.199. The van der Waals surface area contributed by atoms with Crippen molar-refractivity contribution in [3.05, 3.63) is 23.8 Å². The molecule has 0 heterocycles. The third-order valence-corrected chi connectivity index (χ3v) is 2.43. The average molecular weight is 253 g/mol. The molecule has 0 spiro atoms. The van der Waals surface area contributed by atoms with Crippen molar-refractivity contribution in [2.24, 2.45) is 0 Å². The van der Waals surface area contributed by atoms with Crippen LogP contribution in [0.2, 0.25) is 0 Å². The summed E-state index contributed by atoms with van der Waals surface area (Å²) in [7, 11) is 0. The van der Waals surface area contributed by atoms with Gasteiger partial charge in [0.05, 0.1) is 13.2 Å². The molecule has 1 aromatic rings. The molecule has 0 fully saturated rings. The Morgan fingerprint density at radius 3 is 2.67 bits per heavy atom. The average Bonchev–Trinajstić information content (AvgIpc) is 2.41. The number of aliphatic hydroxyl groups is 1. The molecule has 0 aromatic heterocycles. The molecule has 0 saturated heterocycles. The molecule has 0 saturated carbocycles. The van der Waals surface area contributed by atoms with Crippen LogP contribution in [-0.4, -0.2) is 31.5 Å². The quantitative estimate of drug-likeness (QED) is 0.706. The van der Waals surface area contributed by atoms with Gasteiger partial charge < -0.3 is 19.9 Å². The minimum absolute atomic E-state index is 0.0146. The Morgan fingerprint density at radius 2 is 2.00 bits per heavy atom. The van der Waals surface area contributed by atoms with E-state index < -0.39 is 0 Å². The smallest absolute Gasteiger partial charge is 0.127 e. The highest BCUT2D eigenvalue weighted by molar-refractivity contribution is 5.40. The first-order valence-electron chi connectivity index (χ1n) is 6.51. The van der Waals surface area contributed by atoms with Crippen LogP contribution in [-0.2, 0) is 6.54 Å². The molecule has 0 unspecified atom stereocenters. The van der Waals surface area contributed by atoms with Gasteiger partial charge in [0.25, 0.3) is 0 Å². The van der Waals surface area contributed by atoms with Crippen molar-refractivity contribution < 1.29 is 14.6 Å². The molecule has 4 nitrogen and oxygen atoms in total. The summed E-state index contributed by atoms with van der Waals surface area (Å²) < 4.78 is 11.1. The second kappa shape index (κ2) is 8.78. The van der Waals surface area contributed by atoms with Crippen molar-refractivity contribution in [3.63, 3.8) is 0 Å². The van der Waals surface area contributed by atoms with Gasteiger partial charge >= 0.3 is 0 Å². The first kappa shape index (κ1) is 14.8. The highest BCUT2D eigenvalue weighted by Crippen LogP contribution is 2.25. The van der Waals surface area contributed by atoms with E-state index in [9.17, 15) is 0 Å². The predicted octanol–water partition coefficient (Wildman–Crippen LogP) is 1.96. The number of nitrogens with one attached hydrogen (secondary N) is 1. The summed E-state index contributed by atoms with van der Waals surface area (Å²) >= 11 is 0. The van der Waals surface area contributed by atoms with Crippen LogP contribution in [0, 0.1) is 0 Å². The van der Waals surface area contributed by atoms with Crippen molar-refractivity contribution in [1.82, 2.24) is 5.32 Å². The number of hydrogen-bond acceptors (Lipinski definition) is 4. The van der Waals surface area contributed by atoms with Gasteiger partial charge in [0.1, 0.15) is 18.1 Å². The molecule has 0 bridgehead atoms. The lowest BCUT2D eigenvalue weighted by Gasteiger charge is -2.13. The van der Waals surface area contributed by atoms with Gasteiger partial charge in [-0.3, -0.25) is 0 Å². The highest BCUT2D eigenvalue weighted by Gasteiger charge is 2.06. The number of hydrogen-bond donors (Lipinski definition) is 2. The lowest BCUT2D eigenvalue weighted by atomic mass is 10.2. The number of rotatable bonds is 9. The number of aliphatic hydroxyl groups excluding tert-OH is 1. The predicted molar refractivity (Wildman–Crippen MR) is 72.2 cm³/mol. The molecule has 0 amide bonds. The van der Waals surface area contributed by atoms with E-state index in [1.54, 1.807) is 0 Å². The van der Waals surface area contributed by atoms with Crippen LogP contribution in [0.5, 0.6) is 11.5 Å². The third kappa shape index (κ3) is 4.94. The standard InChI is InChI=1S/C14H23NO3/c1-3-8-17-13-6-5-12(11-15-4-2)14(10-13)18-9-7-16/h5-6,10,15-16H,3-4,7-9,11H2,1-2H3. The van der Waals surface area contributed by atoms with E-state index in [1.807, 2.05) is 18.2 Å². The van der Waals surface area contributed by atoms with E-state index in [0.717, 1.165) is 36.6 Å². The second-order valence-electron chi connectivity index (χ2n) is 3.97. The Balaban J connectivity index is 2.74. The first-order chi connectivity index (χ1) is 8.81. The Morgan fingerprint density at radius 1 is 1.17 bits per heavy atom. The van der Waals surface area contributed by atoms with Crippen LogP contribution < -0.4 is 14.8 Å². The lowest BCUT2D eigenvalue weighted by Crippen LogP contribution is -2.13. The van der Waals surface area contributed by atoms with Gasteiger partial charge in [0.15, 0.2) is 0 Å². The molecular formula is C14H23NO3. The normalized spacial score (nSPS) is 10.4. The topological polar surface area (TPSA) is 50.7 Å². The molecule has 0 aliphatic carbocycles. The van der Waals surface area contributed by atoms with Crippen molar-refractivity contribution in [2.45, 2.75) is 26.8 Å². The fourth-order valence-electron chi connectivity index (χ4n) is 1.54. The minimum Gasteiger partial charge on any atom is -0.493 e. The van der Waals surface area contributed by atoms with Gasteiger partial charge in [-0.05, 0) is 19.0 Å². The maximum absolute atomic E-state index is 8.83. The Hall–Kier alpha value is -1.26. The van der Waals surface area contributed by atoms with E-state index >= 15 is 0 Å². The van der Waals surface area contributed by atoms with Gasteiger partial charge in [0, 0.05) is 18.2 Å². The molecule has 1 aromatic carbocycles. The molecule has 0 aliphatic rings. The van der Waals surface area contributed by atoms with E-state index in [0.29, 0.717) is 13.2 Å². The van der Waals surface area contributed by atoms with E-state index in [-0.39, 0.29) is 6.61 Å². The molecule has 1 rings (SSSR count). The zero-order chi connectivity index (χ0) is 13.2. The molecule has 2 N–H and O–H groups in total. The van der Waals surface area contributed by atoms with Crippen molar-refractivity contribution in [2.75, 3.05) is 26.4 Å². The summed E-state index contributed by atoms with van der Waals surface area (Å²) in [5.41, 5.74) is 1.08. The summed E-state index contributed by atoms with van der Waals surface area (Å²) in [4.78, 5) is 0. The van der Waals surface area contributed by atoms with Gasteiger partial charge in [-0.15, -0.1) is 0 Å². The Kier molecular flexibility index (Phi) is 7.22. The Labute approximate surface area is 109 Å². The van der Waals surface area contributed by atoms with Crippen molar-refractivity contribution in [1.29, 1.82) is 0 Å². The van der Waals surface area contributed by atoms with Gasteiger partial charge in [-0.2, -0.15) is 0 Å². The summed E-state index contributed by atoms with van der Waals surface area (Å²) in [6.07, 6.45) is 0.978. The molecule has 0 aliphatic heterocycles. The van der Waals surface area contributed by atoms with Gasteiger partial charge in [-0.25, -0.2) is 0 Å². The van der Waals surface area contributed by atoms with Crippen LogP contribution in [0.15, 0.2) is 18.2 Å². The molecule has 0 radical (unpaired) electrons. The van der Waals surface area contributed by atoms with Crippen molar-refractivity contribution >= 4 is 0 Å². The maximum Gasteiger partial charge on any atom is 0.127 e. The van der Waals surface area contributed by atoms with Crippen LogP contribution in [0.1, 0.15) is 25.8 Å². The highest BCUT2D eigenvalue weighted by atomic mass is 16.5. The zero-order valence-electron chi connectivity index (χ0n) is 11.2. The van der Waals surface area contributed by atoms with Crippen LogP contribution in [0.3, 0.4) is 0 Å². The summed E-state index contributed by atoms with van der Waals surface area (Å²) in [5, 5.41) is 12.1. The Bertz CT molecular complexity index is 342. The van der Waals surface area contributed by atoms with E-state index in [2.05, 4.69) is 19.2 Å². The SMILES string of the molecule is CCCOc1ccc(CNCC)c(OCCO)c1. The summed E-state index contributed by atoms with van der Waals surface area (Å²) in [6.45, 7) is 6.82. The zero-order valence-corrected chi connectivity index (χ0v) is 11.2. The van der Waals surface area contributed by atoms with Crippen LogP contribution in [0.4, 0.5) is 0 Å². The fourth-order valence-corrected chi connectivity index (χ4v) is 1.54. The largest absolute Gasteiger partial charge is 0.493 e. The van der Waals surface area contributed by atoms with Gasteiger partial charge in [0.2, 0.25) is 0 Å². The first-order valence-corrected chi connectivity index (χ1v) is 6.51. The molecular weight excluding hydrogens is 230 g/mol.